The van der Waals surface area contributed by atoms with Gasteiger partial charge < -0.3 is 10.1 Å². The zero-order valence-electron chi connectivity index (χ0n) is 11.7. The third-order valence-corrected chi connectivity index (χ3v) is 4.07. The molecular formula is C17H18ClNO. The van der Waals surface area contributed by atoms with Crippen LogP contribution >= 0.6 is 11.6 Å². The zero-order valence-corrected chi connectivity index (χ0v) is 12.4. The Kier molecular flexibility index (Phi) is 3.58. The van der Waals surface area contributed by atoms with Crippen molar-refractivity contribution in [3.05, 3.63) is 58.6 Å². The van der Waals surface area contributed by atoms with Gasteiger partial charge in [-0.05, 0) is 30.7 Å². The van der Waals surface area contributed by atoms with Gasteiger partial charge in [0.2, 0.25) is 0 Å². The molecule has 0 spiro atoms. The van der Waals surface area contributed by atoms with Crippen LogP contribution in [0.15, 0.2) is 42.5 Å². The van der Waals surface area contributed by atoms with Crippen LogP contribution < -0.4 is 10.1 Å². The fourth-order valence-electron chi connectivity index (χ4n) is 2.63. The molecule has 20 heavy (non-hydrogen) atoms. The van der Waals surface area contributed by atoms with Crippen LogP contribution in [0.4, 0.5) is 5.69 Å². The van der Waals surface area contributed by atoms with E-state index in [1.165, 1.54) is 11.1 Å². The van der Waals surface area contributed by atoms with Crippen molar-refractivity contribution in [3.8, 4) is 5.75 Å². The van der Waals surface area contributed by atoms with Gasteiger partial charge in [-0.3, -0.25) is 0 Å². The predicted octanol–water partition coefficient (Wildman–Crippen LogP) is 4.83. The number of benzene rings is 2. The molecule has 0 amide bonds. The molecule has 1 heterocycles. The van der Waals surface area contributed by atoms with Gasteiger partial charge in [-0.1, -0.05) is 42.8 Å². The number of hydrogen-bond donors (Lipinski definition) is 1. The minimum Gasteiger partial charge on any atom is -0.493 e. The monoisotopic (exact) mass is 287 g/mol. The smallest absolute Gasteiger partial charge is 0.124 e. The number of halogens is 1. The Morgan fingerprint density at radius 3 is 2.85 bits per heavy atom. The highest BCUT2D eigenvalue weighted by atomic mass is 35.5. The van der Waals surface area contributed by atoms with E-state index in [4.69, 9.17) is 16.3 Å². The van der Waals surface area contributed by atoms with E-state index in [1.807, 2.05) is 30.3 Å². The summed E-state index contributed by atoms with van der Waals surface area (Å²) in [5.74, 6) is 1.38. The van der Waals surface area contributed by atoms with Gasteiger partial charge in [0.1, 0.15) is 5.75 Å². The first kappa shape index (κ1) is 13.3. The molecule has 0 saturated carbocycles. The SMILES string of the molecule is Cc1ccc(Cl)cc1NC1c2ccccc2OCC1C. The number of rotatable bonds is 2. The van der Waals surface area contributed by atoms with E-state index in [0.717, 1.165) is 23.1 Å². The lowest BCUT2D eigenvalue weighted by molar-refractivity contribution is 0.214. The van der Waals surface area contributed by atoms with E-state index >= 15 is 0 Å². The van der Waals surface area contributed by atoms with Gasteiger partial charge in [0.05, 0.1) is 12.6 Å². The van der Waals surface area contributed by atoms with Crippen molar-refractivity contribution in [1.82, 2.24) is 0 Å². The minimum absolute atomic E-state index is 0.247. The summed E-state index contributed by atoms with van der Waals surface area (Å²) < 4.78 is 5.79. The average Bonchev–Trinajstić information content (AvgIpc) is 2.46. The van der Waals surface area contributed by atoms with Crippen molar-refractivity contribution >= 4 is 17.3 Å². The van der Waals surface area contributed by atoms with Crippen LogP contribution in [0.5, 0.6) is 5.75 Å². The molecule has 1 N–H and O–H groups in total. The van der Waals surface area contributed by atoms with Crippen LogP contribution in [0.1, 0.15) is 24.1 Å². The molecular weight excluding hydrogens is 270 g/mol. The van der Waals surface area contributed by atoms with Gasteiger partial charge in [-0.2, -0.15) is 0 Å². The van der Waals surface area contributed by atoms with E-state index < -0.39 is 0 Å². The maximum atomic E-state index is 6.11. The van der Waals surface area contributed by atoms with Crippen LogP contribution in [0.25, 0.3) is 0 Å². The lowest BCUT2D eigenvalue weighted by Gasteiger charge is -2.33. The van der Waals surface area contributed by atoms with Gasteiger partial charge >= 0.3 is 0 Å². The van der Waals surface area contributed by atoms with E-state index in [-0.39, 0.29) is 6.04 Å². The summed E-state index contributed by atoms with van der Waals surface area (Å²) >= 11 is 6.11. The molecule has 3 heteroatoms. The predicted molar refractivity (Wildman–Crippen MR) is 83.7 cm³/mol. The third kappa shape index (κ3) is 2.48. The summed E-state index contributed by atoms with van der Waals surface area (Å²) in [4.78, 5) is 0. The van der Waals surface area contributed by atoms with Crippen molar-refractivity contribution in [1.29, 1.82) is 0 Å². The summed E-state index contributed by atoms with van der Waals surface area (Å²) in [5.41, 5.74) is 3.50. The summed E-state index contributed by atoms with van der Waals surface area (Å²) in [6.45, 7) is 5.02. The van der Waals surface area contributed by atoms with Crippen LogP contribution in [-0.2, 0) is 0 Å². The van der Waals surface area contributed by atoms with Gasteiger partial charge in [0, 0.05) is 22.2 Å². The molecule has 0 aliphatic carbocycles. The van der Waals surface area contributed by atoms with Gasteiger partial charge in [0.15, 0.2) is 0 Å². The molecule has 0 radical (unpaired) electrons. The Morgan fingerprint density at radius 2 is 2.00 bits per heavy atom. The van der Waals surface area contributed by atoms with E-state index in [9.17, 15) is 0 Å². The summed E-state index contributed by atoms with van der Waals surface area (Å²) in [6.07, 6.45) is 0. The Labute approximate surface area is 124 Å². The second-order valence-electron chi connectivity index (χ2n) is 5.41. The minimum atomic E-state index is 0.247. The molecule has 2 aromatic rings. The molecule has 2 unspecified atom stereocenters. The number of anilines is 1. The van der Waals surface area contributed by atoms with E-state index in [2.05, 4.69) is 31.3 Å². The van der Waals surface area contributed by atoms with Crippen molar-refractivity contribution < 1.29 is 4.74 Å². The molecule has 0 aromatic heterocycles. The van der Waals surface area contributed by atoms with Crippen molar-refractivity contribution in [2.24, 2.45) is 5.92 Å². The Morgan fingerprint density at radius 1 is 1.20 bits per heavy atom. The quantitative estimate of drug-likeness (QED) is 0.854. The number of aryl methyl sites for hydroxylation is 1. The second kappa shape index (κ2) is 5.37. The number of ether oxygens (including phenoxy) is 1. The first-order chi connectivity index (χ1) is 9.65. The number of para-hydroxylation sites is 1. The van der Waals surface area contributed by atoms with Crippen LogP contribution in [0.2, 0.25) is 5.02 Å². The second-order valence-corrected chi connectivity index (χ2v) is 5.84. The zero-order chi connectivity index (χ0) is 14.1. The first-order valence-corrected chi connectivity index (χ1v) is 7.27. The first-order valence-electron chi connectivity index (χ1n) is 6.89. The largest absolute Gasteiger partial charge is 0.493 e. The fourth-order valence-corrected chi connectivity index (χ4v) is 2.80. The lowest BCUT2D eigenvalue weighted by atomic mass is 9.91. The highest BCUT2D eigenvalue weighted by molar-refractivity contribution is 6.30. The number of hydrogen-bond acceptors (Lipinski definition) is 2. The van der Waals surface area contributed by atoms with E-state index in [0.29, 0.717) is 5.92 Å². The highest BCUT2D eigenvalue weighted by Gasteiger charge is 2.27. The third-order valence-electron chi connectivity index (χ3n) is 3.84. The maximum Gasteiger partial charge on any atom is 0.124 e. The summed E-state index contributed by atoms with van der Waals surface area (Å²) in [7, 11) is 0. The van der Waals surface area contributed by atoms with Crippen LogP contribution in [-0.4, -0.2) is 6.61 Å². The van der Waals surface area contributed by atoms with Crippen LogP contribution in [0, 0.1) is 12.8 Å². The molecule has 1 aliphatic heterocycles. The summed E-state index contributed by atoms with van der Waals surface area (Å²) in [6, 6.07) is 14.4. The van der Waals surface area contributed by atoms with Gasteiger partial charge in [0.25, 0.3) is 0 Å². The highest BCUT2D eigenvalue weighted by Crippen LogP contribution is 2.38. The maximum absolute atomic E-state index is 6.11. The molecule has 104 valence electrons. The molecule has 2 aromatic carbocycles. The average molecular weight is 288 g/mol. The van der Waals surface area contributed by atoms with Gasteiger partial charge in [-0.25, -0.2) is 0 Å². The standard InChI is InChI=1S/C17H18ClNO/c1-11-7-8-13(18)9-15(11)19-17-12(2)10-20-16-6-4-3-5-14(16)17/h3-9,12,17,19H,10H2,1-2H3. The molecule has 2 atom stereocenters. The van der Waals surface area contributed by atoms with Crippen molar-refractivity contribution in [2.75, 3.05) is 11.9 Å². The van der Waals surface area contributed by atoms with E-state index in [1.54, 1.807) is 0 Å². The Hall–Kier alpha value is -1.67. The molecule has 2 nitrogen and oxygen atoms in total. The molecule has 0 bridgehead atoms. The summed E-state index contributed by atoms with van der Waals surface area (Å²) in [5, 5.41) is 4.39. The molecule has 0 saturated heterocycles. The Balaban J connectivity index is 1.95. The number of nitrogens with one attached hydrogen (secondary N) is 1. The normalized spacial score (nSPS) is 20.9. The van der Waals surface area contributed by atoms with Crippen molar-refractivity contribution in [2.45, 2.75) is 19.9 Å². The Bertz CT molecular complexity index is 626. The topological polar surface area (TPSA) is 21.3 Å². The van der Waals surface area contributed by atoms with Crippen LogP contribution in [0.3, 0.4) is 0 Å². The molecule has 1 aliphatic rings. The van der Waals surface area contributed by atoms with Gasteiger partial charge in [-0.15, -0.1) is 0 Å². The lowest BCUT2D eigenvalue weighted by Crippen LogP contribution is -2.29. The fraction of sp³-hybridized carbons (Fsp3) is 0.294. The molecule has 0 fully saturated rings. The molecule has 3 rings (SSSR count). The number of fused-ring (bicyclic) bond motifs is 1. The van der Waals surface area contributed by atoms with Crippen molar-refractivity contribution in [3.63, 3.8) is 0 Å².